The minimum atomic E-state index is 0.371. The van der Waals surface area contributed by atoms with Gasteiger partial charge >= 0.3 is 0 Å². The maximum atomic E-state index is 4.39. The highest BCUT2D eigenvalue weighted by atomic mass is 15.5. The van der Waals surface area contributed by atoms with Crippen LogP contribution in [-0.4, -0.2) is 38.0 Å². The number of hydrogen-bond donors (Lipinski definition) is 0. The van der Waals surface area contributed by atoms with E-state index in [1.54, 1.807) is 6.20 Å². The van der Waals surface area contributed by atoms with Crippen LogP contribution in [0.3, 0.4) is 0 Å². The van der Waals surface area contributed by atoms with Crippen LogP contribution < -0.4 is 0 Å². The van der Waals surface area contributed by atoms with E-state index < -0.39 is 0 Å². The van der Waals surface area contributed by atoms with E-state index >= 15 is 0 Å². The van der Waals surface area contributed by atoms with E-state index in [1.165, 1.54) is 0 Å². The Morgan fingerprint density at radius 1 is 1.29 bits per heavy atom. The molecular weight excluding hydrogens is 214 g/mol. The second-order valence-corrected chi connectivity index (χ2v) is 4.42. The van der Waals surface area contributed by atoms with Gasteiger partial charge in [-0.15, -0.1) is 5.10 Å². The molecule has 5 heteroatoms. The summed E-state index contributed by atoms with van der Waals surface area (Å²) in [4.78, 5) is 6.79. The van der Waals surface area contributed by atoms with E-state index in [2.05, 4.69) is 33.2 Å². The van der Waals surface area contributed by atoms with E-state index in [-0.39, 0.29) is 0 Å². The fourth-order valence-electron chi connectivity index (χ4n) is 2.19. The molecule has 3 heterocycles. The molecule has 0 aromatic carbocycles. The first-order valence-electron chi connectivity index (χ1n) is 5.85. The highest BCUT2D eigenvalue weighted by molar-refractivity contribution is 5.09. The quantitative estimate of drug-likeness (QED) is 0.795. The Labute approximate surface area is 100 Å². The summed E-state index contributed by atoms with van der Waals surface area (Å²) in [6.45, 7) is 4.22. The lowest BCUT2D eigenvalue weighted by molar-refractivity contribution is 0.0570. The van der Waals surface area contributed by atoms with Gasteiger partial charge < -0.3 is 0 Å². The smallest absolute Gasteiger partial charge is 0.0790 e. The Kier molecular flexibility index (Phi) is 2.60. The molecule has 1 saturated heterocycles. The largest absolute Gasteiger partial charge is 0.291 e. The van der Waals surface area contributed by atoms with Crippen LogP contribution in [0, 0.1) is 0 Å². The molecule has 0 N–H and O–H groups in total. The Morgan fingerprint density at radius 2 is 2.18 bits per heavy atom. The van der Waals surface area contributed by atoms with Gasteiger partial charge in [-0.3, -0.25) is 9.88 Å². The van der Waals surface area contributed by atoms with Gasteiger partial charge in [0.2, 0.25) is 0 Å². The molecule has 5 nitrogen and oxygen atoms in total. The second kappa shape index (κ2) is 4.25. The number of hydrogen-bond acceptors (Lipinski definition) is 4. The van der Waals surface area contributed by atoms with Crippen LogP contribution in [-0.2, 0) is 0 Å². The number of aromatic nitrogens is 4. The average molecular weight is 229 g/mol. The van der Waals surface area contributed by atoms with Crippen molar-refractivity contribution >= 4 is 0 Å². The van der Waals surface area contributed by atoms with E-state index in [9.17, 15) is 0 Å². The van der Waals surface area contributed by atoms with Crippen molar-refractivity contribution in [2.45, 2.75) is 19.0 Å². The van der Waals surface area contributed by atoms with Gasteiger partial charge in [-0.05, 0) is 19.1 Å². The van der Waals surface area contributed by atoms with Crippen molar-refractivity contribution in [3.8, 4) is 0 Å². The van der Waals surface area contributed by atoms with Crippen molar-refractivity contribution in [1.29, 1.82) is 0 Å². The third-order valence-corrected chi connectivity index (χ3v) is 3.37. The Balaban J connectivity index is 1.62. The molecule has 88 valence electrons. The molecule has 1 aliphatic rings. The SMILES string of the molecule is CC(c1ccccn1)N1CC(n2ccnn2)C1. The predicted molar refractivity (Wildman–Crippen MR) is 63.3 cm³/mol. The summed E-state index contributed by atoms with van der Waals surface area (Å²) in [5, 5.41) is 7.86. The topological polar surface area (TPSA) is 46.8 Å². The van der Waals surface area contributed by atoms with Crippen LogP contribution in [0.4, 0.5) is 0 Å². The molecule has 1 unspecified atom stereocenters. The van der Waals surface area contributed by atoms with Crippen LogP contribution in [0.25, 0.3) is 0 Å². The van der Waals surface area contributed by atoms with Crippen LogP contribution in [0.15, 0.2) is 36.8 Å². The summed E-state index contributed by atoms with van der Waals surface area (Å²) >= 11 is 0. The summed E-state index contributed by atoms with van der Waals surface area (Å²) in [6, 6.07) is 6.89. The van der Waals surface area contributed by atoms with Crippen LogP contribution in [0.5, 0.6) is 0 Å². The molecular formula is C12H15N5. The zero-order valence-corrected chi connectivity index (χ0v) is 9.77. The Morgan fingerprint density at radius 3 is 2.82 bits per heavy atom. The Hall–Kier alpha value is -1.75. The van der Waals surface area contributed by atoms with Crippen LogP contribution >= 0.6 is 0 Å². The van der Waals surface area contributed by atoms with Gasteiger partial charge in [-0.2, -0.15) is 0 Å². The van der Waals surface area contributed by atoms with Crippen molar-refractivity contribution < 1.29 is 0 Å². The normalized spacial score (nSPS) is 18.9. The van der Waals surface area contributed by atoms with E-state index in [0.717, 1.165) is 18.8 Å². The monoisotopic (exact) mass is 229 g/mol. The highest BCUT2D eigenvalue weighted by Gasteiger charge is 2.32. The summed E-state index contributed by atoms with van der Waals surface area (Å²) in [6.07, 6.45) is 5.50. The van der Waals surface area contributed by atoms with Crippen LogP contribution in [0.1, 0.15) is 24.7 Å². The first-order valence-corrected chi connectivity index (χ1v) is 5.85. The lowest BCUT2D eigenvalue weighted by Crippen LogP contribution is -2.48. The van der Waals surface area contributed by atoms with Gasteiger partial charge in [0.25, 0.3) is 0 Å². The molecule has 0 bridgehead atoms. The molecule has 0 saturated carbocycles. The molecule has 2 aromatic rings. The molecule has 2 aromatic heterocycles. The molecule has 1 atom stereocenters. The van der Waals surface area contributed by atoms with Crippen LogP contribution in [0.2, 0.25) is 0 Å². The standard InChI is InChI=1S/C12H15N5/c1-10(12-4-2-3-5-13-12)16-8-11(9-16)17-7-6-14-15-17/h2-7,10-11H,8-9H2,1H3. The van der Waals surface area contributed by atoms with Gasteiger partial charge in [0, 0.05) is 31.5 Å². The Bertz CT molecular complexity index is 461. The molecule has 17 heavy (non-hydrogen) atoms. The van der Waals surface area contributed by atoms with Crippen molar-refractivity contribution in [1.82, 2.24) is 24.9 Å². The maximum absolute atomic E-state index is 4.39. The number of likely N-dealkylation sites (tertiary alicyclic amines) is 1. The summed E-state index contributed by atoms with van der Waals surface area (Å²) in [5.41, 5.74) is 1.13. The summed E-state index contributed by atoms with van der Waals surface area (Å²) in [7, 11) is 0. The number of rotatable bonds is 3. The molecule has 0 spiro atoms. The summed E-state index contributed by atoms with van der Waals surface area (Å²) < 4.78 is 1.93. The fraction of sp³-hybridized carbons (Fsp3) is 0.417. The highest BCUT2D eigenvalue weighted by Crippen LogP contribution is 2.29. The van der Waals surface area contributed by atoms with Gasteiger partial charge in [0.05, 0.1) is 17.9 Å². The van der Waals surface area contributed by atoms with E-state index in [0.29, 0.717) is 12.1 Å². The molecule has 0 aliphatic carbocycles. The summed E-state index contributed by atoms with van der Waals surface area (Å²) in [5.74, 6) is 0. The van der Waals surface area contributed by atoms with Crippen molar-refractivity contribution in [3.05, 3.63) is 42.5 Å². The average Bonchev–Trinajstić information content (AvgIpc) is 2.82. The lowest BCUT2D eigenvalue weighted by Gasteiger charge is -2.42. The van der Waals surface area contributed by atoms with Crippen molar-refractivity contribution in [2.24, 2.45) is 0 Å². The van der Waals surface area contributed by atoms with Gasteiger partial charge in [-0.25, -0.2) is 4.68 Å². The molecule has 0 amide bonds. The van der Waals surface area contributed by atoms with Crippen molar-refractivity contribution in [3.63, 3.8) is 0 Å². The lowest BCUT2D eigenvalue weighted by atomic mass is 10.0. The number of nitrogens with zero attached hydrogens (tertiary/aromatic N) is 5. The van der Waals surface area contributed by atoms with E-state index in [4.69, 9.17) is 0 Å². The first-order chi connectivity index (χ1) is 8.34. The fourth-order valence-corrected chi connectivity index (χ4v) is 2.19. The van der Waals surface area contributed by atoms with Crippen molar-refractivity contribution in [2.75, 3.05) is 13.1 Å². The molecule has 3 rings (SSSR count). The first kappa shape index (κ1) is 10.4. The zero-order chi connectivity index (χ0) is 11.7. The van der Waals surface area contributed by atoms with Gasteiger partial charge in [0.1, 0.15) is 0 Å². The zero-order valence-electron chi connectivity index (χ0n) is 9.77. The minimum absolute atomic E-state index is 0.371. The number of pyridine rings is 1. The second-order valence-electron chi connectivity index (χ2n) is 4.42. The maximum Gasteiger partial charge on any atom is 0.0790 e. The molecule has 1 fully saturated rings. The van der Waals surface area contributed by atoms with Gasteiger partial charge in [0.15, 0.2) is 0 Å². The van der Waals surface area contributed by atoms with E-state index in [1.807, 2.05) is 29.2 Å². The predicted octanol–water partition coefficient (Wildman–Crippen LogP) is 1.29. The third kappa shape index (κ3) is 1.93. The third-order valence-electron chi connectivity index (χ3n) is 3.37. The molecule has 1 aliphatic heterocycles. The molecule has 0 radical (unpaired) electrons. The minimum Gasteiger partial charge on any atom is -0.291 e. The van der Waals surface area contributed by atoms with Gasteiger partial charge in [-0.1, -0.05) is 11.3 Å².